The average molecular weight is 427 g/mol. The zero-order valence-corrected chi connectivity index (χ0v) is 17.9. The van der Waals surface area contributed by atoms with Crippen molar-refractivity contribution in [3.05, 3.63) is 53.3 Å². The van der Waals surface area contributed by atoms with Gasteiger partial charge in [0, 0.05) is 18.7 Å². The lowest BCUT2D eigenvalue weighted by molar-refractivity contribution is -0.116. The molecule has 1 fully saturated rings. The van der Waals surface area contributed by atoms with Gasteiger partial charge in [0.25, 0.3) is 0 Å². The number of hydrogen-bond donors (Lipinski definition) is 2. The summed E-state index contributed by atoms with van der Waals surface area (Å²) >= 11 is 6.13. The number of halogens is 1. The lowest BCUT2D eigenvalue weighted by Gasteiger charge is -2.32. The first-order valence-electron chi connectivity index (χ1n) is 10.4. The molecule has 0 aliphatic carbocycles. The molecule has 7 heteroatoms. The summed E-state index contributed by atoms with van der Waals surface area (Å²) < 4.78 is 5.15. The summed E-state index contributed by atoms with van der Waals surface area (Å²) in [4.78, 5) is 22.9. The van der Waals surface area contributed by atoms with E-state index in [0.29, 0.717) is 28.8 Å². The van der Waals surface area contributed by atoms with Crippen molar-refractivity contribution >= 4 is 34.2 Å². The summed E-state index contributed by atoms with van der Waals surface area (Å²) in [5.41, 5.74) is 2.79. The van der Waals surface area contributed by atoms with Crippen molar-refractivity contribution in [1.82, 2.24) is 14.9 Å². The van der Waals surface area contributed by atoms with Crippen molar-refractivity contribution in [2.75, 3.05) is 25.5 Å². The normalized spacial score (nSPS) is 17.2. The number of hydrogen-bond acceptors (Lipinski definition) is 4. The monoisotopic (exact) mass is 426 g/mol. The molecule has 1 aliphatic heterocycles. The Morgan fingerprint density at radius 2 is 2.20 bits per heavy atom. The lowest BCUT2D eigenvalue weighted by atomic mass is 9.93. The Labute approximate surface area is 181 Å². The number of anilines is 1. The molecule has 0 bridgehead atoms. The SMILES string of the molecule is COc1ccc(NC(=O)CC[C@H]2CCCN(Cc3nc4ccccc4[nH]3)C2)cc1Cl. The molecule has 3 aromatic rings. The molecule has 158 valence electrons. The average Bonchev–Trinajstić information content (AvgIpc) is 3.15. The largest absolute Gasteiger partial charge is 0.495 e. The number of para-hydroxylation sites is 2. The number of rotatable bonds is 7. The molecule has 2 heterocycles. The number of benzene rings is 2. The smallest absolute Gasteiger partial charge is 0.224 e. The maximum Gasteiger partial charge on any atom is 0.224 e. The summed E-state index contributed by atoms with van der Waals surface area (Å²) in [5, 5.41) is 3.42. The topological polar surface area (TPSA) is 70.2 Å². The van der Waals surface area contributed by atoms with Gasteiger partial charge in [0.05, 0.1) is 29.7 Å². The number of aromatic amines is 1. The van der Waals surface area contributed by atoms with Crippen LogP contribution in [0.2, 0.25) is 5.02 Å². The maximum absolute atomic E-state index is 12.4. The van der Waals surface area contributed by atoms with Gasteiger partial charge >= 0.3 is 0 Å². The van der Waals surface area contributed by atoms with Crippen LogP contribution in [0.15, 0.2) is 42.5 Å². The van der Waals surface area contributed by atoms with Gasteiger partial charge in [0.1, 0.15) is 11.6 Å². The van der Waals surface area contributed by atoms with Crippen LogP contribution in [0.5, 0.6) is 5.75 Å². The third-order valence-electron chi connectivity index (χ3n) is 5.63. The highest BCUT2D eigenvalue weighted by Gasteiger charge is 2.21. The van der Waals surface area contributed by atoms with Gasteiger partial charge in [-0.05, 0) is 62.1 Å². The Morgan fingerprint density at radius 3 is 3.00 bits per heavy atom. The summed E-state index contributed by atoms with van der Waals surface area (Å²) in [5.74, 6) is 2.14. The standard InChI is InChI=1S/C23H27ClN4O2/c1-30-21-10-9-17(13-18(21)24)25-23(29)11-8-16-5-4-12-28(14-16)15-22-26-19-6-2-3-7-20(19)27-22/h2-3,6-7,9-10,13,16H,4-5,8,11-12,14-15H2,1H3,(H,25,29)(H,26,27)/t16-/m1/s1. The molecule has 2 aromatic carbocycles. The minimum absolute atomic E-state index is 0.0191. The van der Waals surface area contributed by atoms with Crippen molar-refractivity contribution in [1.29, 1.82) is 0 Å². The Hall–Kier alpha value is -2.57. The molecule has 0 radical (unpaired) electrons. The van der Waals surface area contributed by atoms with Gasteiger partial charge in [0.15, 0.2) is 0 Å². The number of fused-ring (bicyclic) bond motifs is 1. The van der Waals surface area contributed by atoms with E-state index in [2.05, 4.69) is 21.3 Å². The van der Waals surface area contributed by atoms with Gasteiger partial charge < -0.3 is 15.0 Å². The van der Waals surface area contributed by atoms with Gasteiger partial charge in [-0.25, -0.2) is 4.98 Å². The second kappa shape index (κ2) is 9.49. The summed E-state index contributed by atoms with van der Waals surface area (Å²) in [7, 11) is 1.57. The maximum atomic E-state index is 12.4. The summed E-state index contributed by atoms with van der Waals surface area (Å²) in [6, 6.07) is 13.4. The number of piperidine rings is 1. The van der Waals surface area contributed by atoms with Gasteiger partial charge in [-0.3, -0.25) is 9.69 Å². The molecule has 1 aromatic heterocycles. The Balaban J connectivity index is 1.26. The zero-order valence-electron chi connectivity index (χ0n) is 17.2. The molecule has 0 saturated carbocycles. The first-order valence-corrected chi connectivity index (χ1v) is 10.8. The fourth-order valence-corrected chi connectivity index (χ4v) is 4.38. The van der Waals surface area contributed by atoms with Crippen LogP contribution in [0.25, 0.3) is 11.0 Å². The molecule has 1 aliphatic rings. The van der Waals surface area contributed by atoms with Crippen LogP contribution < -0.4 is 10.1 Å². The molecule has 1 amide bonds. The van der Waals surface area contributed by atoms with Gasteiger partial charge in [-0.1, -0.05) is 23.7 Å². The summed E-state index contributed by atoms with van der Waals surface area (Å²) in [6.07, 6.45) is 3.71. The first-order chi connectivity index (χ1) is 14.6. The van der Waals surface area contributed by atoms with Crippen molar-refractivity contribution in [3.63, 3.8) is 0 Å². The molecule has 6 nitrogen and oxygen atoms in total. The molecule has 1 atom stereocenters. The third-order valence-corrected chi connectivity index (χ3v) is 5.93. The van der Waals surface area contributed by atoms with E-state index in [0.717, 1.165) is 55.8 Å². The van der Waals surface area contributed by atoms with E-state index in [4.69, 9.17) is 21.3 Å². The number of amides is 1. The number of H-pyrrole nitrogens is 1. The minimum atomic E-state index is 0.0191. The molecule has 0 unspecified atom stereocenters. The number of likely N-dealkylation sites (tertiary alicyclic amines) is 1. The second-order valence-corrected chi connectivity index (χ2v) is 8.29. The Morgan fingerprint density at radius 1 is 1.33 bits per heavy atom. The van der Waals surface area contributed by atoms with Crippen molar-refractivity contribution < 1.29 is 9.53 Å². The highest BCUT2D eigenvalue weighted by atomic mass is 35.5. The first kappa shape index (κ1) is 20.7. The predicted octanol–water partition coefficient (Wildman–Crippen LogP) is 4.86. The van der Waals surface area contributed by atoms with E-state index in [1.165, 1.54) is 0 Å². The van der Waals surface area contributed by atoms with E-state index in [1.807, 2.05) is 18.2 Å². The van der Waals surface area contributed by atoms with E-state index >= 15 is 0 Å². The number of nitrogens with zero attached hydrogens (tertiary/aromatic N) is 2. The zero-order chi connectivity index (χ0) is 20.9. The highest BCUT2D eigenvalue weighted by Crippen LogP contribution is 2.28. The molecule has 0 spiro atoms. The molecule has 2 N–H and O–H groups in total. The number of carbonyl (C=O) groups is 1. The van der Waals surface area contributed by atoms with Gasteiger partial charge in [-0.2, -0.15) is 0 Å². The number of ether oxygens (including phenoxy) is 1. The quantitative estimate of drug-likeness (QED) is 0.566. The van der Waals surface area contributed by atoms with Gasteiger partial charge in [-0.15, -0.1) is 0 Å². The van der Waals surface area contributed by atoms with Gasteiger partial charge in [0.2, 0.25) is 5.91 Å². The van der Waals surface area contributed by atoms with E-state index in [9.17, 15) is 4.79 Å². The molecular weight excluding hydrogens is 400 g/mol. The van der Waals surface area contributed by atoms with Crippen LogP contribution in [-0.2, 0) is 11.3 Å². The highest BCUT2D eigenvalue weighted by molar-refractivity contribution is 6.32. The fraction of sp³-hybridized carbons (Fsp3) is 0.391. The molecular formula is C23H27ClN4O2. The van der Waals surface area contributed by atoms with Crippen molar-refractivity contribution in [2.45, 2.75) is 32.2 Å². The number of aromatic nitrogens is 2. The molecule has 1 saturated heterocycles. The van der Waals surface area contributed by atoms with E-state index in [-0.39, 0.29) is 5.91 Å². The number of methoxy groups -OCH3 is 1. The second-order valence-electron chi connectivity index (χ2n) is 7.88. The van der Waals surface area contributed by atoms with Crippen molar-refractivity contribution in [2.24, 2.45) is 5.92 Å². The van der Waals surface area contributed by atoms with Crippen molar-refractivity contribution in [3.8, 4) is 5.75 Å². The van der Waals surface area contributed by atoms with Crippen LogP contribution in [0.1, 0.15) is 31.5 Å². The summed E-state index contributed by atoms with van der Waals surface area (Å²) in [6.45, 7) is 2.89. The number of imidazole rings is 1. The fourth-order valence-electron chi connectivity index (χ4n) is 4.13. The van der Waals surface area contributed by atoms with Crippen LogP contribution in [0.3, 0.4) is 0 Å². The lowest BCUT2D eigenvalue weighted by Crippen LogP contribution is -2.35. The Kier molecular flexibility index (Phi) is 6.55. The van der Waals surface area contributed by atoms with E-state index < -0.39 is 0 Å². The predicted molar refractivity (Wildman–Crippen MR) is 120 cm³/mol. The van der Waals surface area contributed by atoms with Crippen LogP contribution >= 0.6 is 11.6 Å². The van der Waals surface area contributed by atoms with Crippen LogP contribution in [-0.4, -0.2) is 41.0 Å². The van der Waals surface area contributed by atoms with E-state index in [1.54, 1.807) is 25.3 Å². The molecule has 4 rings (SSSR count). The Bertz CT molecular complexity index is 986. The van der Waals surface area contributed by atoms with Crippen LogP contribution in [0, 0.1) is 5.92 Å². The minimum Gasteiger partial charge on any atom is -0.495 e. The number of carbonyl (C=O) groups excluding carboxylic acids is 1. The third kappa shape index (κ3) is 5.12. The molecule has 30 heavy (non-hydrogen) atoms. The number of nitrogens with one attached hydrogen (secondary N) is 2. The van der Waals surface area contributed by atoms with Crippen LogP contribution in [0.4, 0.5) is 5.69 Å².